The van der Waals surface area contributed by atoms with Crippen molar-refractivity contribution >= 4 is 28.8 Å². The highest BCUT2D eigenvalue weighted by Crippen LogP contribution is 2.22. The summed E-state index contributed by atoms with van der Waals surface area (Å²) in [4.78, 5) is 4.33. The molecule has 4 nitrogen and oxygen atoms in total. The van der Waals surface area contributed by atoms with Gasteiger partial charge in [0.25, 0.3) is 0 Å². The summed E-state index contributed by atoms with van der Waals surface area (Å²) in [5, 5.41) is 0.678. The number of halogens is 1. The maximum absolute atomic E-state index is 6.10. The Kier molecular flexibility index (Phi) is 5.66. The van der Waals surface area contributed by atoms with Gasteiger partial charge in [-0.3, -0.25) is 4.99 Å². The van der Waals surface area contributed by atoms with Crippen LogP contribution in [-0.2, 0) is 6.42 Å². The number of hydrogen-bond acceptors (Lipinski definition) is 3. The second-order valence-electron chi connectivity index (χ2n) is 5.31. The number of nitrogen functional groups attached to an aromatic ring is 1. The Morgan fingerprint density at radius 3 is 2.52 bits per heavy atom. The Morgan fingerprint density at radius 1 is 1.13 bits per heavy atom. The van der Waals surface area contributed by atoms with Crippen LogP contribution in [0.5, 0.6) is 0 Å². The Balaban J connectivity index is 2.03. The van der Waals surface area contributed by atoms with Gasteiger partial charge in [0.2, 0.25) is 0 Å². The lowest BCUT2D eigenvalue weighted by Gasteiger charge is -2.07. The van der Waals surface area contributed by atoms with Crippen molar-refractivity contribution in [2.45, 2.75) is 13.3 Å². The minimum absolute atomic E-state index is 0.400. The molecule has 120 valence electrons. The number of amidine groups is 1. The molecular weight excluding hydrogens is 308 g/mol. The lowest BCUT2D eigenvalue weighted by Crippen LogP contribution is -2.12. The molecule has 2 aromatic rings. The molecule has 23 heavy (non-hydrogen) atoms. The van der Waals surface area contributed by atoms with Crippen molar-refractivity contribution in [1.82, 2.24) is 0 Å². The first-order valence-electron chi connectivity index (χ1n) is 7.34. The molecule has 0 amide bonds. The number of hydrogen-bond donors (Lipinski definition) is 3. The molecule has 0 aliphatic heterocycles. The molecule has 2 aromatic carbocycles. The Morgan fingerprint density at radius 2 is 1.83 bits per heavy atom. The topological polar surface area (TPSA) is 90.4 Å². The summed E-state index contributed by atoms with van der Waals surface area (Å²) in [5.74, 6) is 0.400. The molecular formula is C18H21ClN4. The van der Waals surface area contributed by atoms with Crippen LogP contribution in [0, 0.1) is 6.92 Å². The van der Waals surface area contributed by atoms with Crippen molar-refractivity contribution in [2.24, 2.45) is 16.5 Å². The lowest BCUT2D eigenvalue weighted by molar-refractivity contribution is 0.967. The average Bonchev–Trinajstić information content (AvgIpc) is 2.52. The molecule has 0 aliphatic rings. The second-order valence-corrected chi connectivity index (χ2v) is 5.72. The fourth-order valence-electron chi connectivity index (χ4n) is 2.20. The SMILES string of the molecule is Cc1c(Cl)cccc1/C(N)=C/C(N)=NCCc1ccc(N)cc1. The summed E-state index contributed by atoms with van der Waals surface area (Å²) < 4.78 is 0. The molecule has 0 spiro atoms. The van der Waals surface area contributed by atoms with Gasteiger partial charge >= 0.3 is 0 Å². The van der Waals surface area contributed by atoms with Crippen molar-refractivity contribution in [3.8, 4) is 0 Å². The maximum Gasteiger partial charge on any atom is 0.120 e. The zero-order chi connectivity index (χ0) is 16.8. The third-order valence-corrected chi connectivity index (χ3v) is 3.97. The Labute approximate surface area is 141 Å². The van der Waals surface area contributed by atoms with Crippen LogP contribution in [0.2, 0.25) is 5.02 Å². The van der Waals surface area contributed by atoms with E-state index in [0.717, 1.165) is 23.2 Å². The highest BCUT2D eigenvalue weighted by Gasteiger charge is 2.04. The van der Waals surface area contributed by atoms with Crippen LogP contribution >= 0.6 is 11.6 Å². The van der Waals surface area contributed by atoms with Gasteiger partial charge < -0.3 is 17.2 Å². The molecule has 0 saturated carbocycles. The number of nitrogens with zero attached hydrogens (tertiary/aromatic N) is 1. The summed E-state index contributed by atoms with van der Waals surface area (Å²) in [6, 6.07) is 13.3. The molecule has 0 atom stereocenters. The van der Waals surface area contributed by atoms with E-state index in [0.29, 0.717) is 23.1 Å². The smallest absolute Gasteiger partial charge is 0.120 e. The molecule has 0 radical (unpaired) electrons. The van der Waals surface area contributed by atoms with Crippen molar-refractivity contribution < 1.29 is 0 Å². The highest BCUT2D eigenvalue weighted by molar-refractivity contribution is 6.31. The van der Waals surface area contributed by atoms with E-state index in [1.165, 1.54) is 5.56 Å². The van der Waals surface area contributed by atoms with Gasteiger partial charge in [0.05, 0.1) is 0 Å². The summed E-state index contributed by atoms with van der Waals surface area (Å²) >= 11 is 6.10. The van der Waals surface area contributed by atoms with Gasteiger partial charge in [-0.25, -0.2) is 0 Å². The van der Waals surface area contributed by atoms with Gasteiger partial charge in [0.15, 0.2) is 0 Å². The summed E-state index contributed by atoms with van der Waals surface area (Å²) in [6.45, 7) is 2.51. The van der Waals surface area contributed by atoms with Gasteiger partial charge in [-0.15, -0.1) is 0 Å². The van der Waals surface area contributed by atoms with E-state index in [1.807, 2.05) is 49.4 Å². The van der Waals surface area contributed by atoms with E-state index in [2.05, 4.69) is 4.99 Å². The monoisotopic (exact) mass is 328 g/mol. The average molecular weight is 329 g/mol. The first kappa shape index (κ1) is 16.9. The molecule has 0 saturated heterocycles. The number of aliphatic imine (C=N–C) groups is 1. The Hall–Kier alpha value is -2.46. The second kappa shape index (κ2) is 7.70. The predicted octanol–water partition coefficient (Wildman–Crippen LogP) is 3.13. The van der Waals surface area contributed by atoms with E-state index < -0.39 is 0 Å². The third kappa shape index (κ3) is 4.76. The van der Waals surface area contributed by atoms with Crippen molar-refractivity contribution in [3.05, 3.63) is 70.3 Å². The van der Waals surface area contributed by atoms with Crippen LogP contribution in [0.3, 0.4) is 0 Å². The van der Waals surface area contributed by atoms with Gasteiger partial charge in [0.1, 0.15) is 5.84 Å². The summed E-state index contributed by atoms with van der Waals surface area (Å²) in [6.07, 6.45) is 2.46. The number of benzene rings is 2. The van der Waals surface area contributed by atoms with Crippen LogP contribution in [0.4, 0.5) is 5.69 Å². The molecule has 0 bridgehead atoms. The van der Waals surface area contributed by atoms with Crippen LogP contribution in [0.1, 0.15) is 16.7 Å². The lowest BCUT2D eigenvalue weighted by atomic mass is 10.1. The van der Waals surface area contributed by atoms with Crippen molar-refractivity contribution in [3.63, 3.8) is 0 Å². The van der Waals surface area contributed by atoms with Crippen molar-refractivity contribution in [2.75, 3.05) is 12.3 Å². The maximum atomic E-state index is 6.10. The van der Waals surface area contributed by atoms with Gasteiger partial charge in [-0.05, 0) is 42.7 Å². The summed E-state index contributed by atoms with van der Waals surface area (Å²) in [7, 11) is 0. The predicted molar refractivity (Wildman–Crippen MR) is 99.4 cm³/mol. The molecule has 0 aliphatic carbocycles. The summed E-state index contributed by atoms with van der Waals surface area (Å²) in [5.41, 5.74) is 22.0. The van der Waals surface area contributed by atoms with E-state index in [-0.39, 0.29) is 0 Å². The minimum atomic E-state index is 0.400. The highest BCUT2D eigenvalue weighted by atomic mass is 35.5. The molecule has 5 heteroatoms. The van der Waals surface area contributed by atoms with E-state index in [1.54, 1.807) is 6.08 Å². The van der Waals surface area contributed by atoms with Crippen LogP contribution in [-0.4, -0.2) is 12.4 Å². The Bertz CT molecular complexity index is 733. The van der Waals surface area contributed by atoms with E-state index >= 15 is 0 Å². The van der Waals surface area contributed by atoms with Gasteiger partial charge in [0, 0.05) is 34.6 Å². The minimum Gasteiger partial charge on any atom is -0.399 e. The first-order valence-corrected chi connectivity index (χ1v) is 7.72. The van der Waals surface area contributed by atoms with Crippen LogP contribution in [0.25, 0.3) is 5.70 Å². The number of nitrogens with two attached hydrogens (primary N) is 3. The molecule has 0 unspecified atom stereocenters. The van der Waals surface area contributed by atoms with Gasteiger partial charge in [-0.2, -0.15) is 0 Å². The van der Waals surface area contributed by atoms with E-state index in [4.69, 9.17) is 28.8 Å². The number of anilines is 1. The fourth-order valence-corrected chi connectivity index (χ4v) is 2.38. The van der Waals surface area contributed by atoms with Crippen LogP contribution < -0.4 is 17.2 Å². The quantitative estimate of drug-likeness (QED) is 0.447. The molecule has 0 fully saturated rings. The normalized spacial score (nSPS) is 12.4. The van der Waals surface area contributed by atoms with Crippen molar-refractivity contribution in [1.29, 1.82) is 0 Å². The molecule has 2 rings (SSSR count). The molecule has 0 heterocycles. The third-order valence-electron chi connectivity index (χ3n) is 3.56. The molecule has 6 N–H and O–H groups in total. The largest absolute Gasteiger partial charge is 0.399 e. The first-order chi connectivity index (χ1) is 11.0. The fraction of sp³-hybridized carbons (Fsp3) is 0.167. The van der Waals surface area contributed by atoms with Gasteiger partial charge in [-0.1, -0.05) is 35.9 Å². The number of rotatable bonds is 5. The zero-order valence-electron chi connectivity index (χ0n) is 13.1. The standard InChI is InChI=1S/C18H21ClN4/c1-12-15(3-2-4-16(12)19)17(21)11-18(22)23-10-9-13-5-7-14(20)8-6-13/h2-8,11H,9-10,20-21H2,1H3,(H2,22,23)/b17-11-. The van der Waals surface area contributed by atoms with E-state index in [9.17, 15) is 0 Å². The molecule has 0 aromatic heterocycles. The van der Waals surface area contributed by atoms with Crippen LogP contribution in [0.15, 0.2) is 53.5 Å². The zero-order valence-corrected chi connectivity index (χ0v) is 13.8.